The number of carbonyl (C=O) groups excluding carboxylic acids is 3. The molecule has 0 radical (unpaired) electrons. The Morgan fingerprint density at radius 2 is 1.32 bits per heavy atom. The lowest BCUT2D eigenvalue weighted by Gasteiger charge is -2.12. The van der Waals surface area contributed by atoms with Crippen LogP contribution >= 0.6 is 43.6 Å². The number of thioether (sulfide) groups is 1. The van der Waals surface area contributed by atoms with Crippen molar-refractivity contribution in [3.63, 3.8) is 0 Å². The van der Waals surface area contributed by atoms with E-state index in [1.807, 2.05) is 54.6 Å². The zero-order chi connectivity index (χ0) is 26.9. The highest BCUT2D eigenvalue weighted by molar-refractivity contribution is 9.10. The Balaban J connectivity index is 1.43. The fourth-order valence-electron chi connectivity index (χ4n) is 3.37. The van der Waals surface area contributed by atoms with E-state index in [0.29, 0.717) is 22.6 Å². The summed E-state index contributed by atoms with van der Waals surface area (Å²) in [7, 11) is 0. The van der Waals surface area contributed by atoms with E-state index in [1.165, 1.54) is 11.8 Å². The quantitative estimate of drug-likeness (QED) is 0.111. The van der Waals surface area contributed by atoms with Crippen molar-refractivity contribution in [2.75, 3.05) is 11.1 Å². The molecule has 0 aliphatic heterocycles. The zero-order valence-corrected chi connectivity index (χ0v) is 24.0. The predicted molar refractivity (Wildman–Crippen MR) is 160 cm³/mol. The lowest BCUT2D eigenvalue weighted by Crippen LogP contribution is -2.30. The van der Waals surface area contributed by atoms with Gasteiger partial charge < -0.3 is 10.6 Å². The number of amides is 2. The Morgan fingerprint density at radius 1 is 0.711 bits per heavy atom. The average Bonchev–Trinajstić information content (AvgIpc) is 2.94. The largest absolute Gasteiger partial charge is 0.321 e. The van der Waals surface area contributed by atoms with Gasteiger partial charge in [0.25, 0.3) is 11.8 Å². The molecule has 0 spiro atoms. The molecule has 0 aliphatic rings. The highest BCUT2D eigenvalue weighted by Gasteiger charge is 2.15. The predicted octanol–water partition coefficient (Wildman–Crippen LogP) is 7.60. The molecule has 4 rings (SSSR count). The molecular weight excluding hydrogens is 628 g/mol. The van der Waals surface area contributed by atoms with Crippen LogP contribution in [0.5, 0.6) is 0 Å². The second-order valence-corrected chi connectivity index (χ2v) is 11.0. The minimum atomic E-state index is -0.456. The van der Waals surface area contributed by atoms with Crippen LogP contribution in [0.1, 0.15) is 26.3 Å². The van der Waals surface area contributed by atoms with E-state index in [4.69, 9.17) is 0 Å². The molecule has 5 nitrogen and oxygen atoms in total. The third-order valence-corrected chi connectivity index (χ3v) is 7.43. The molecule has 0 aliphatic carbocycles. The second kappa shape index (κ2) is 13.4. The van der Waals surface area contributed by atoms with Gasteiger partial charge in [0.05, 0.1) is 5.75 Å². The standard InChI is InChI=1S/C30H22Br2N2O3S/c31-23-10-6-20(7-11-23)18-27(34-29(36)22-4-2-1-3-5-22)30(37)33-25-14-16-26(17-15-25)38-19-28(35)21-8-12-24(32)13-9-21/h1-18H,19H2,(H,33,37)(H,34,36)/b27-18-. The summed E-state index contributed by atoms with van der Waals surface area (Å²) in [4.78, 5) is 39.3. The molecule has 38 heavy (non-hydrogen) atoms. The van der Waals surface area contributed by atoms with Crippen molar-refractivity contribution in [1.29, 1.82) is 0 Å². The Morgan fingerprint density at radius 3 is 1.95 bits per heavy atom. The number of ketones is 1. The summed E-state index contributed by atoms with van der Waals surface area (Å²) >= 11 is 8.20. The first-order valence-electron chi connectivity index (χ1n) is 11.5. The Hall–Kier alpha value is -3.46. The lowest BCUT2D eigenvalue weighted by molar-refractivity contribution is -0.113. The Labute approximate surface area is 242 Å². The van der Waals surface area contributed by atoms with Crippen LogP contribution in [0, 0.1) is 0 Å². The summed E-state index contributed by atoms with van der Waals surface area (Å²) < 4.78 is 1.83. The van der Waals surface area contributed by atoms with Crippen LogP contribution in [-0.4, -0.2) is 23.4 Å². The van der Waals surface area contributed by atoms with Gasteiger partial charge in [-0.05, 0) is 72.3 Å². The molecule has 0 saturated carbocycles. The van der Waals surface area contributed by atoms with Crippen LogP contribution in [-0.2, 0) is 4.79 Å². The summed E-state index contributed by atoms with van der Waals surface area (Å²) in [6.07, 6.45) is 1.63. The minimum absolute atomic E-state index is 0.0387. The molecule has 0 aromatic heterocycles. The van der Waals surface area contributed by atoms with Gasteiger partial charge in [-0.3, -0.25) is 14.4 Å². The van der Waals surface area contributed by atoms with Crippen LogP contribution in [0.3, 0.4) is 0 Å². The molecule has 190 valence electrons. The van der Waals surface area contributed by atoms with Gasteiger partial charge in [-0.25, -0.2) is 0 Å². The van der Waals surface area contributed by atoms with E-state index in [0.717, 1.165) is 19.4 Å². The van der Waals surface area contributed by atoms with Crippen molar-refractivity contribution in [2.24, 2.45) is 0 Å². The normalized spacial score (nSPS) is 11.1. The highest BCUT2D eigenvalue weighted by atomic mass is 79.9. The third kappa shape index (κ3) is 8.02. The van der Waals surface area contributed by atoms with Crippen LogP contribution in [0.2, 0.25) is 0 Å². The van der Waals surface area contributed by atoms with Gasteiger partial charge in [-0.2, -0.15) is 0 Å². The molecule has 0 atom stereocenters. The lowest BCUT2D eigenvalue weighted by atomic mass is 10.1. The van der Waals surface area contributed by atoms with Gasteiger partial charge >= 0.3 is 0 Å². The number of anilines is 1. The first-order chi connectivity index (χ1) is 18.4. The van der Waals surface area contributed by atoms with Gasteiger partial charge in [0, 0.05) is 30.7 Å². The number of halogens is 2. The van der Waals surface area contributed by atoms with Crippen molar-refractivity contribution in [3.05, 3.63) is 134 Å². The topological polar surface area (TPSA) is 75.3 Å². The minimum Gasteiger partial charge on any atom is -0.321 e. The first kappa shape index (κ1) is 27.6. The Bertz CT molecular complexity index is 1450. The van der Waals surface area contributed by atoms with Crippen molar-refractivity contribution >= 4 is 73.0 Å². The molecule has 2 amide bonds. The number of rotatable bonds is 9. The van der Waals surface area contributed by atoms with Crippen molar-refractivity contribution in [2.45, 2.75) is 4.90 Å². The van der Waals surface area contributed by atoms with E-state index >= 15 is 0 Å². The van der Waals surface area contributed by atoms with E-state index in [9.17, 15) is 14.4 Å². The molecule has 4 aromatic rings. The molecule has 0 saturated heterocycles. The summed E-state index contributed by atoms with van der Waals surface area (Å²) in [6.45, 7) is 0. The molecule has 0 heterocycles. The Kier molecular flexibility index (Phi) is 9.70. The van der Waals surface area contributed by atoms with Crippen molar-refractivity contribution in [1.82, 2.24) is 5.32 Å². The molecular formula is C30H22Br2N2O3S. The number of hydrogen-bond donors (Lipinski definition) is 2. The summed E-state index contributed by atoms with van der Waals surface area (Å²) in [5, 5.41) is 5.58. The summed E-state index contributed by atoms with van der Waals surface area (Å²) in [5.41, 5.74) is 2.54. The van der Waals surface area contributed by atoms with E-state index in [1.54, 1.807) is 54.6 Å². The van der Waals surface area contributed by atoms with Crippen LogP contribution < -0.4 is 10.6 Å². The monoisotopic (exact) mass is 648 g/mol. The third-order valence-electron chi connectivity index (χ3n) is 5.36. The SMILES string of the molecule is O=C(Nc1ccc(SCC(=O)c2ccc(Br)cc2)cc1)/C(=C/c1ccc(Br)cc1)NC(=O)c1ccccc1. The number of nitrogens with one attached hydrogen (secondary N) is 2. The maximum absolute atomic E-state index is 13.2. The van der Waals surface area contributed by atoms with Crippen molar-refractivity contribution < 1.29 is 14.4 Å². The number of carbonyl (C=O) groups is 3. The maximum Gasteiger partial charge on any atom is 0.272 e. The van der Waals surface area contributed by atoms with E-state index < -0.39 is 5.91 Å². The number of benzene rings is 4. The fraction of sp³-hybridized carbons (Fsp3) is 0.0333. The van der Waals surface area contributed by atoms with Crippen molar-refractivity contribution in [3.8, 4) is 0 Å². The molecule has 8 heteroatoms. The van der Waals surface area contributed by atoms with Gasteiger partial charge in [-0.1, -0.05) is 74.3 Å². The number of Topliss-reactive ketones (excluding diaryl/α,β-unsaturated/α-hetero) is 1. The smallest absolute Gasteiger partial charge is 0.272 e. The van der Waals surface area contributed by atoms with Gasteiger partial charge in [0.1, 0.15) is 5.70 Å². The van der Waals surface area contributed by atoms with Gasteiger partial charge in [-0.15, -0.1) is 11.8 Å². The van der Waals surface area contributed by atoms with Crippen LogP contribution in [0.15, 0.2) is 123 Å². The van der Waals surface area contributed by atoms with Gasteiger partial charge in [0.2, 0.25) is 0 Å². The summed E-state index contributed by atoms with van der Waals surface area (Å²) in [6, 6.07) is 30.6. The zero-order valence-electron chi connectivity index (χ0n) is 20.0. The second-order valence-electron chi connectivity index (χ2n) is 8.13. The molecule has 0 fully saturated rings. The van der Waals surface area contributed by atoms with Gasteiger partial charge in [0.15, 0.2) is 5.78 Å². The first-order valence-corrected chi connectivity index (χ1v) is 14.1. The maximum atomic E-state index is 13.2. The molecule has 4 aromatic carbocycles. The molecule has 2 N–H and O–H groups in total. The fourth-order valence-corrected chi connectivity index (χ4v) is 4.69. The van der Waals surface area contributed by atoms with Crippen LogP contribution in [0.25, 0.3) is 6.08 Å². The molecule has 0 unspecified atom stereocenters. The summed E-state index contributed by atoms with van der Waals surface area (Å²) in [5.74, 6) is -0.495. The van der Waals surface area contributed by atoms with E-state index in [2.05, 4.69) is 42.5 Å². The number of hydrogen-bond acceptors (Lipinski definition) is 4. The average molecular weight is 650 g/mol. The molecule has 0 bridgehead atoms. The van der Waals surface area contributed by atoms with Crippen LogP contribution in [0.4, 0.5) is 5.69 Å². The van der Waals surface area contributed by atoms with E-state index in [-0.39, 0.29) is 17.4 Å². The highest BCUT2D eigenvalue weighted by Crippen LogP contribution is 2.22.